The fourth-order valence-corrected chi connectivity index (χ4v) is 4.30. The average Bonchev–Trinajstić information content (AvgIpc) is 3.23. The Morgan fingerprint density at radius 3 is 2.33 bits per heavy atom. The van der Waals surface area contributed by atoms with E-state index in [-0.39, 0.29) is 5.75 Å². The second kappa shape index (κ2) is 11.2. The second-order valence-corrected chi connectivity index (χ2v) is 8.76. The molecule has 5 heteroatoms. The van der Waals surface area contributed by atoms with Gasteiger partial charge in [0.1, 0.15) is 11.6 Å². The lowest BCUT2D eigenvalue weighted by Crippen LogP contribution is -2.24. The number of unbranched alkanes of at least 4 members (excludes halogenated alkanes) is 1. The summed E-state index contributed by atoms with van der Waals surface area (Å²) in [6.07, 6.45) is 4.24. The number of nitrogens with zero attached hydrogens (tertiary/aromatic N) is 3. The summed E-state index contributed by atoms with van der Waals surface area (Å²) in [5.74, 6) is 1.20. The summed E-state index contributed by atoms with van der Waals surface area (Å²) in [4.78, 5) is 7.19. The molecule has 0 spiro atoms. The van der Waals surface area contributed by atoms with Gasteiger partial charge in [0.15, 0.2) is 0 Å². The summed E-state index contributed by atoms with van der Waals surface area (Å²) in [6.45, 7) is 5.36. The van der Waals surface area contributed by atoms with E-state index in [2.05, 4.69) is 64.9 Å². The number of aromatic hydroxyl groups is 1. The normalized spacial score (nSPS) is 11.2. The smallest absolute Gasteiger partial charge is 0.140 e. The van der Waals surface area contributed by atoms with Crippen LogP contribution in [-0.4, -0.2) is 19.6 Å². The third-order valence-electron chi connectivity index (χ3n) is 5.77. The predicted octanol–water partition coefficient (Wildman–Crippen LogP) is 6.91. The molecule has 1 heterocycles. The Morgan fingerprint density at radius 1 is 0.909 bits per heavy atom. The van der Waals surface area contributed by atoms with Crippen LogP contribution in [0.3, 0.4) is 0 Å². The fourth-order valence-electron chi connectivity index (χ4n) is 4.06. The molecule has 0 unspecified atom stereocenters. The van der Waals surface area contributed by atoms with Gasteiger partial charge in [-0.1, -0.05) is 91.7 Å². The minimum atomic E-state index is 0.184. The third-order valence-corrected chi connectivity index (χ3v) is 6.12. The molecule has 0 aliphatic carbocycles. The van der Waals surface area contributed by atoms with Crippen LogP contribution >= 0.6 is 11.6 Å². The topological polar surface area (TPSA) is 41.3 Å². The predicted molar refractivity (Wildman–Crippen MR) is 135 cm³/mol. The number of phenolic OH excluding ortho intramolecular Hbond substituents is 1. The Balaban J connectivity index is 1.65. The van der Waals surface area contributed by atoms with Crippen molar-refractivity contribution in [2.45, 2.75) is 45.9 Å². The molecule has 1 aromatic heterocycles. The van der Waals surface area contributed by atoms with Crippen LogP contribution in [0.4, 0.5) is 0 Å². The van der Waals surface area contributed by atoms with Crippen LogP contribution in [-0.2, 0) is 26.2 Å². The number of aromatic nitrogens is 2. The number of rotatable bonds is 10. The van der Waals surface area contributed by atoms with Crippen molar-refractivity contribution in [3.05, 3.63) is 107 Å². The molecule has 0 radical (unpaired) electrons. The summed E-state index contributed by atoms with van der Waals surface area (Å²) in [6, 6.07) is 26.1. The van der Waals surface area contributed by atoms with Crippen molar-refractivity contribution >= 4 is 11.6 Å². The number of hydrogen-bond donors (Lipinski definition) is 1. The first-order chi connectivity index (χ1) is 16.1. The van der Waals surface area contributed by atoms with Gasteiger partial charge in [0.2, 0.25) is 0 Å². The zero-order chi connectivity index (χ0) is 23.0. The van der Waals surface area contributed by atoms with E-state index in [4.69, 9.17) is 16.6 Å². The average molecular weight is 460 g/mol. The number of hydrogen-bond acceptors (Lipinski definition) is 3. The van der Waals surface area contributed by atoms with Gasteiger partial charge in [-0.25, -0.2) is 4.98 Å². The fraction of sp³-hybridized carbons (Fsp3) is 0.250. The van der Waals surface area contributed by atoms with E-state index in [0.717, 1.165) is 49.4 Å². The van der Waals surface area contributed by atoms with Crippen molar-refractivity contribution in [1.29, 1.82) is 0 Å². The van der Waals surface area contributed by atoms with E-state index in [1.54, 1.807) is 12.1 Å². The summed E-state index contributed by atoms with van der Waals surface area (Å²) in [7, 11) is 0. The Morgan fingerprint density at radius 2 is 1.64 bits per heavy atom. The van der Waals surface area contributed by atoms with E-state index in [0.29, 0.717) is 11.6 Å². The molecule has 4 rings (SSSR count). The first kappa shape index (κ1) is 23.1. The highest BCUT2D eigenvalue weighted by Crippen LogP contribution is 2.26. The lowest BCUT2D eigenvalue weighted by atomic mass is 10.1. The first-order valence-electron chi connectivity index (χ1n) is 11.5. The molecule has 1 N–H and O–H groups in total. The van der Waals surface area contributed by atoms with Crippen molar-refractivity contribution < 1.29 is 5.11 Å². The van der Waals surface area contributed by atoms with Crippen molar-refractivity contribution in [1.82, 2.24) is 14.5 Å². The summed E-state index contributed by atoms with van der Waals surface area (Å²) < 4.78 is 2.36. The number of halogens is 1. The molecule has 33 heavy (non-hydrogen) atoms. The quantitative estimate of drug-likeness (QED) is 0.280. The van der Waals surface area contributed by atoms with Crippen molar-refractivity contribution in [3.63, 3.8) is 0 Å². The molecule has 0 saturated carbocycles. The molecule has 4 nitrogen and oxygen atoms in total. The minimum absolute atomic E-state index is 0.184. The molecule has 0 fully saturated rings. The number of imidazole rings is 1. The highest BCUT2D eigenvalue weighted by atomic mass is 35.5. The second-order valence-electron chi connectivity index (χ2n) is 8.35. The molecule has 170 valence electrons. The van der Waals surface area contributed by atoms with Crippen LogP contribution in [0.25, 0.3) is 11.4 Å². The van der Waals surface area contributed by atoms with Gasteiger partial charge in [-0.3, -0.25) is 4.90 Å². The lowest BCUT2D eigenvalue weighted by molar-refractivity contribution is 0.241. The van der Waals surface area contributed by atoms with E-state index in [1.165, 1.54) is 11.3 Å². The van der Waals surface area contributed by atoms with Gasteiger partial charge >= 0.3 is 0 Å². The Bertz CT molecular complexity index is 1160. The van der Waals surface area contributed by atoms with Crippen molar-refractivity contribution in [2.75, 3.05) is 0 Å². The van der Waals surface area contributed by atoms with Crippen LogP contribution in [0.5, 0.6) is 5.75 Å². The summed E-state index contributed by atoms with van der Waals surface area (Å²) in [5, 5.41) is 10.3. The van der Waals surface area contributed by atoms with Crippen LogP contribution in [0.1, 0.15) is 36.6 Å². The summed E-state index contributed by atoms with van der Waals surface area (Å²) >= 11 is 6.46. The molecule has 0 aliphatic rings. The van der Waals surface area contributed by atoms with Gasteiger partial charge in [0.25, 0.3) is 0 Å². The zero-order valence-corrected chi connectivity index (χ0v) is 19.7. The molecular weight excluding hydrogens is 430 g/mol. The molecule has 0 amide bonds. The van der Waals surface area contributed by atoms with Gasteiger partial charge in [-0.15, -0.1) is 0 Å². The van der Waals surface area contributed by atoms with Crippen LogP contribution in [0.2, 0.25) is 5.02 Å². The van der Waals surface area contributed by atoms with Gasteiger partial charge in [-0.05, 0) is 29.7 Å². The van der Waals surface area contributed by atoms with E-state index >= 15 is 0 Å². The van der Waals surface area contributed by atoms with Gasteiger partial charge in [0, 0.05) is 36.8 Å². The van der Waals surface area contributed by atoms with Gasteiger partial charge in [-0.2, -0.15) is 0 Å². The Labute approximate surface area is 201 Å². The minimum Gasteiger partial charge on any atom is -0.508 e. The maximum Gasteiger partial charge on any atom is 0.140 e. The monoisotopic (exact) mass is 459 g/mol. The standard InChI is InChI=1S/C28H30ClN3O/c1-2-3-16-32-25(18-30-28(32)23-12-8-5-9-13-23)21-31(19-22-10-6-4-7-11-22)20-24-14-15-26(33)17-27(24)29/h4-15,17-18,33H,2-3,16,19-21H2,1H3. The third kappa shape index (κ3) is 6.04. The van der Waals surface area contributed by atoms with Gasteiger partial charge < -0.3 is 9.67 Å². The molecule has 0 saturated heterocycles. The molecule has 0 atom stereocenters. The van der Waals surface area contributed by atoms with Crippen molar-refractivity contribution in [3.8, 4) is 17.1 Å². The van der Waals surface area contributed by atoms with Gasteiger partial charge in [0.05, 0.1) is 11.9 Å². The van der Waals surface area contributed by atoms with Crippen LogP contribution in [0, 0.1) is 0 Å². The van der Waals surface area contributed by atoms with E-state index in [1.807, 2.05) is 24.4 Å². The highest BCUT2D eigenvalue weighted by molar-refractivity contribution is 6.31. The van der Waals surface area contributed by atoms with E-state index < -0.39 is 0 Å². The maximum atomic E-state index is 9.76. The molecule has 0 aliphatic heterocycles. The number of phenols is 1. The lowest BCUT2D eigenvalue weighted by Gasteiger charge is -2.24. The largest absolute Gasteiger partial charge is 0.508 e. The van der Waals surface area contributed by atoms with E-state index in [9.17, 15) is 5.11 Å². The number of benzene rings is 3. The summed E-state index contributed by atoms with van der Waals surface area (Å²) in [5.41, 5.74) is 4.56. The molecule has 3 aromatic carbocycles. The SMILES string of the molecule is CCCCn1c(CN(Cc2ccccc2)Cc2ccc(O)cc2Cl)cnc1-c1ccccc1. The molecular formula is C28H30ClN3O. The van der Waals surface area contributed by atoms with Crippen LogP contribution < -0.4 is 0 Å². The van der Waals surface area contributed by atoms with Crippen molar-refractivity contribution in [2.24, 2.45) is 0 Å². The molecule has 0 bridgehead atoms. The maximum absolute atomic E-state index is 9.76. The molecule has 4 aromatic rings. The Kier molecular flexibility index (Phi) is 7.82. The highest BCUT2D eigenvalue weighted by Gasteiger charge is 2.17. The zero-order valence-electron chi connectivity index (χ0n) is 19.0. The first-order valence-corrected chi connectivity index (χ1v) is 11.9. The Hall–Kier alpha value is -3.08. The van der Waals surface area contributed by atoms with Crippen LogP contribution in [0.15, 0.2) is 85.1 Å².